The van der Waals surface area contributed by atoms with E-state index in [4.69, 9.17) is 11.6 Å². The lowest BCUT2D eigenvalue weighted by molar-refractivity contribution is -0.385. The predicted molar refractivity (Wildman–Crippen MR) is 94.7 cm³/mol. The molecule has 0 unspecified atom stereocenters. The van der Waals surface area contributed by atoms with Gasteiger partial charge in [0.2, 0.25) is 0 Å². The zero-order chi connectivity index (χ0) is 18.7. The molecule has 0 spiro atoms. The number of rotatable bonds is 5. The van der Waals surface area contributed by atoms with Gasteiger partial charge in [0, 0.05) is 42.4 Å². The lowest BCUT2D eigenvalue weighted by Crippen LogP contribution is -2.26. The molecule has 0 aliphatic carbocycles. The molecule has 0 heterocycles. The molecule has 2 aromatic rings. The van der Waals surface area contributed by atoms with E-state index in [9.17, 15) is 25.0 Å². The van der Waals surface area contributed by atoms with Crippen LogP contribution in [0.15, 0.2) is 40.9 Å². The molecular formula is C15H11BrClN3O5. The number of hydrogen-bond acceptors (Lipinski definition) is 5. The molecule has 0 aliphatic rings. The normalized spacial score (nSPS) is 10.4. The highest BCUT2D eigenvalue weighted by atomic mass is 79.9. The molecule has 0 saturated heterocycles. The van der Waals surface area contributed by atoms with Gasteiger partial charge >= 0.3 is 0 Å². The average molecular weight is 429 g/mol. The summed E-state index contributed by atoms with van der Waals surface area (Å²) in [7, 11) is 1.48. The first-order valence-electron chi connectivity index (χ1n) is 6.83. The standard InChI is InChI=1S/C15H11BrClN3O5/c1-18(8-10-6-11(19(22)23)3-5-13(10)17)15(21)9-2-4-12(16)14(7-9)20(24)25/h2-7H,8H2,1H3. The maximum atomic E-state index is 12.5. The lowest BCUT2D eigenvalue weighted by atomic mass is 10.1. The van der Waals surface area contributed by atoms with Gasteiger partial charge in [-0.2, -0.15) is 0 Å². The first-order valence-corrected chi connectivity index (χ1v) is 8.00. The molecule has 0 saturated carbocycles. The Morgan fingerprint density at radius 3 is 2.44 bits per heavy atom. The second kappa shape index (κ2) is 7.58. The topological polar surface area (TPSA) is 107 Å². The van der Waals surface area contributed by atoms with Gasteiger partial charge in [-0.3, -0.25) is 25.0 Å². The third-order valence-corrected chi connectivity index (χ3v) is 4.42. The van der Waals surface area contributed by atoms with E-state index in [0.29, 0.717) is 5.56 Å². The number of hydrogen-bond donors (Lipinski definition) is 0. The van der Waals surface area contributed by atoms with Gasteiger partial charge in [-0.15, -0.1) is 0 Å². The maximum absolute atomic E-state index is 12.5. The Labute approximate surface area is 155 Å². The Morgan fingerprint density at radius 1 is 1.16 bits per heavy atom. The van der Waals surface area contributed by atoms with Gasteiger partial charge in [0.05, 0.1) is 14.3 Å². The van der Waals surface area contributed by atoms with Crippen LogP contribution in [0.2, 0.25) is 5.02 Å². The highest BCUT2D eigenvalue weighted by molar-refractivity contribution is 9.10. The number of nitro benzene ring substituents is 2. The van der Waals surface area contributed by atoms with E-state index in [-0.39, 0.29) is 33.0 Å². The van der Waals surface area contributed by atoms with Crippen LogP contribution in [0.3, 0.4) is 0 Å². The van der Waals surface area contributed by atoms with Gasteiger partial charge in [-0.05, 0) is 39.7 Å². The molecule has 0 radical (unpaired) electrons. The van der Waals surface area contributed by atoms with Crippen LogP contribution < -0.4 is 0 Å². The zero-order valence-electron chi connectivity index (χ0n) is 12.8. The van der Waals surface area contributed by atoms with Crippen molar-refractivity contribution in [3.8, 4) is 0 Å². The van der Waals surface area contributed by atoms with Gasteiger partial charge in [0.1, 0.15) is 0 Å². The first-order chi connectivity index (χ1) is 11.7. The van der Waals surface area contributed by atoms with E-state index < -0.39 is 15.8 Å². The van der Waals surface area contributed by atoms with Gasteiger partial charge < -0.3 is 4.90 Å². The van der Waals surface area contributed by atoms with Crippen LogP contribution in [0.5, 0.6) is 0 Å². The molecule has 2 aromatic carbocycles. The Balaban J connectivity index is 2.27. The second-order valence-corrected chi connectivity index (χ2v) is 6.38. The highest BCUT2D eigenvalue weighted by Crippen LogP contribution is 2.27. The minimum absolute atomic E-state index is 0.0171. The number of nitro groups is 2. The van der Waals surface area contributed by atoms with E-state index in [1.54, 1.807) is 0 Å². The summed E-state index contributed by atoms with van der Waals surface area (Å²) >= 11 is 9.08. The molecule has 2 rings (SSSR count). The van der Waals surface area contributed by atoms with Crippen LogP contribution in [-0.2, 0) is 6.54 Å². The van der Waals surface area contributed by atoms with Crippen molar-refractivity contribution < 1.29 is 14.6 Å². The fourth-order valence-electron chi connectivity index (χ4n) is 2.13. The number of benzene rings is 2. The summed E-state index contributed by atoms with van der Waals surface area (Å²) in [5, 5.41) is 22.1. The molecule has 1 amide bonds. The monoisotopic (exact) mass is 427 g/mol. The molecule has 0 bridgehead atoms. The van der Waals surface area contributed by atoms with Crippen molar-refractivity contribution in [2.24, 2.45) is 0 Å². The molecular weight excluding hydrogens is 418 g/mol. The highest BCUT2D eigenvalue weighted by Gasteiger charge is 2.20. The molecule has 25 heavy (non-hydrogen) atoms. The van der Waals surface area contributed by atoms with Crippen molar-refractivity contribution in [1.29, 1.82) is 0 Å². The Bertz CT molecular complexity index is 874. The largest absolute Gasteiger partial charge is 0.337 e. The van der Waals surface area contributed by atoms with Gasteiger partial charge in [0.15, 0.2) is 0 Å². The third kappa shape index (κ3) is 4.31. The summed E-state index contributed by atoms with van der Waals surface area (Å²) in [5.74, 6) is -0.474. The summed E-state index contributed by atoms with van der Waals surface area (Å²) in [6, 6.07) is 7.97. The SMILES string of the molecule is CN(Cc1cc([N+](=O)[O-])ccc1Cl)C(=O)c1ccc(Br)c([N+](=O)[O-])c1. The molecule has 10 heteroatoms. The zero-order valence-corrected chi connectivity index (χ0v) is 15.2. The van der Waals surface area contributed by atoms with Crippen LogP contribution >= 0.6 is 27.5 Å². The Kier molecular flexibility index (Phi) is 5.70. The van der Waals surface area contributed by atoms with Crippen LogP contribution in [0.25, 0.3) is 0 Å². The number of carbonyl (C=O) groups excluding carboxylic acids is 1. The van der Waals surface area contributed by atoms with Crippen molar-refractivity contribution >= 4 is 44.8 Å². The molecule has 0 fully saturated rings. The number of carbonyl (C=O) groups is 1. The number of halogens is 2. The van der Waals surface area contributed by atoms with Gasteiger partial charge in [-0.25, -0.2) is 0 Å². The molecule has 0 N–H and O–H groups in total. The Morgan fingerprint density at radius 2 is 1.84 bits per heavy atom. The molecule has 130 valence electrons. The fraction of sp³-hybridized carbons (Fsp3) is 0.133. The number of non-ortho nitro benzene ring substituents is 1. The molecule has 8 nitrogen and oxygen atoms in total. The van der Waals surface area contributed by atoms with Crippen LogP contribution in [0, 0.1) is 20.2 Å². The minimum atomic E-state index is -0.599. The summed E-state index contributed by atoms with van der Waals surface area (Å²) in [6.07, 6.45) is 0. The fourth-order valence-corrected chi connectivity index (χ4v) is 2.70. The lowest BCUT2D eigenvalue weighted by Gasteiger charge is -2.18. The van der Waals surface area contributed by atoms with Crippen molar-refractivity contribution in [1.82, 2.24) is 4.90 Å². The third-order valence-electron chi connectivity index (χ3n) is 3.38. The van der Waals surface area contributed by atoms with Crippen LogP contribution in [0.1, 0.15) is 15.9 Å². The van der Waals surface area contributed by atoms with E-state index in [2.05, 4.69) is 15.9 Å². The molecule has 0 aliphatic heterocycles. The van der Waals surface area contributed by atoms with E-state index in [1.165, 1.54) is 42.3 Å². The first kappa shape index (κ1) is 18.8. The van der Waals surface area contributed by atoms with Crippen molar-refractivity contribution in [3.05, 3.63) is 77.2 Å². The molecule has 0 aromatic heterocycles. The number of amides is 1. The van der Waals surface area contributed by atoms with E-state index >= 15 is 0 Å². The Hall–Kier alpha value is -2.52. The summed E-state index contributed by atoms with van der Waals surface area (Å²) in [6.45, 7) is 0.0171. The van der Waals surface area contributed by atoms with Gasteiger partial charge in [0.25, 0.3) is 17.3 Å². The summed E-state index contributed by atoms with van der Waals surface area (Å²) in [4.78, 5) is 34.4. The minimum Gasteiger partial charge on any atom is -0.337 e. The summed E-state index contributed by atoms with van der Waals surface area (Å²) < 4.78 is 0.262. The van der Waals surface area contributed by atoms with Crippen LogP contribution in [-0.4, -0.2) is 27.7 Å². The molecule has 0 atom stereocenters. The maximum Gasteiger partial charge on any atom is 0.284 e. The second-order valence-electron chi connectivity index (χ2n) is 5.12. The van der Waals surface area contributed by atoms with Crippen molar-refractivity contribution in [2.45, 2.75) is 6.54 Å². The smallest absolute Gasteiger partial charge is 0.284 e. The average Bonchev–Trinajstić information content (AvgIpc) is 2.56. The van der Waals surface area contributed by atoms with Crippen molar-refractivity contribution in [2.75, 3.05) is 7.05 Å². The van der Waals surface area contributed by atoms with Crippen molar-refractivity contribution in [3.63, 3.8) is 0 Å². The summed E-state index contributed by atoms with van der Waals surface area (Å²) in [5.41, 5.74) is 0.157. The quantitative estimate of drug-likeness (QED) is 0.524. The van der Waals surface area contributed by atoms with Gasteiger partial charge in [-0.1, -0.05) is 11.6 Å². The van der Waals surface area contributed by atoms with Crippen LogP contribution in [0.4, 0.5) is 11.4 Å². The van der Waals surface area contributed by atoms with E-state index in [1.807, 2.05) is 0 Å². The predicted octanol–water partition coefficient (Wildman–Crippen LogP) is 4.19. The number of nitrogens with zero attached hydrogens (tertiary/aromatic N) is 3. The van der Waals surface area contributed by atoms with E-state index in [0.717, 1.165) is 6.07 Å².